The van der Waals surface area contributed by atoms with Gasteiger partial charge < -0.3 is 13.9 Å². The van der Waals surface area contributed by atoms with Crippen LogP contribution < -0.4 is 0 Å². The summed E-state index contributed by atoms with van der Waals surface area (Å²) in [7, 11) is 1.54. The largest absolute Gasteiger partial charge is 0.469 e. The van der Waals surface area contributed by atoms with Gasteiger partial charge in [0.15, 0.2) is 0 Å². The van der Waals surface area contributed by atoms with Gasteiger partial charge in [0, 0.05) is 13.1 Å². The lowest BCUT2D eigenvalue weighted by Crippen LogP contribution is -2.53. The first-order valence-corrected chi connectivity index (χ1v) is 12.0. The number of ether oxygens (including phenoxy) is 2. The molecule has 4 atom stereocenters. The maximum atomic E-state index is 12.8. The topological polar surface area (TPSA) is 51.9 Å². The number of hydrogen-bond donors (Lipinski definition) is 0. The van der Waals surface area contributed by atoms with Gasteiger partial charge in [0.2, 0.25) is 0 Å². The van der Waals surface area contributed by atoms with Crippen molar-refractivity contribution in [3.05, 3.63) is 35.8 Å². The number of aryl methyl sites for hydroxylation is 1. The lowest BCUT2D eigenvalue weighted by molar-refractivity contribution is -0.168. The molecule has 0 unspecified atom stereocenters. The van der Waals surface area contributed by atoms with Crippen molar-refractivity contribution in [3.63, 3.8) is 0 Å². The number of morpholine rings is 1. The fourth-order valence-electron chi connectivity index (χ4n) is 6.95. The summed E-state index contributed by atoms with van der Waals surface area (Å²) in [4.78, 5) is 15.2. The van der Waals surface area contributed by atoms with Crippen molar-refractivity contribution in [2.45, 2.75) is 65.3 Å². The van der Waals surface area contributed by atoms with Gasteiger partial charge >= 0.3 is 5.97 Å². The summed E-state index contributed by atoms with van der Waals surface area (Å²) in [5.74, 6) is 1.85. The van der Waals surface area contributed by atoms with Crippen molar-refractivity contribution in [1.82, 2.24) is 4.90 Å². The molecule has 1 aromatic rings. The van der Waals surface area contributed by atoms with Crippen molar-refractivity contribution in [2.24, 2.45) is 22.7 Å². The molecule has 0 bridgehead atoms. The summed E-state index contributed by atoms with van der Waals surface area (Å²) in [6, 6.07) is 2.14. The molecule has 1 saturated heterocycles. The minimum absolute atomic E-state index is 0.0303. The first-order valence-electron chi connectivity index (χ1n) is 12.0. The van der Waals surface area contributed by atoms with Gasteiger partial charge in [0.05, 0.1) is 38.5 Å². The van der Waals surface area contributed by atoms with E-state index in [2.05, 4.69) is 31.4 Å². The summed E-state index contributed by atoms with van der Waals surface area (Å²) in [5, 5.41) is 0. The second kappa shape index (κ2) is 9.11. The molecule has 0 spiro atoms. The van der Waals surface area contributed by atoms with Crippen LogP contribution in [0.5, 0.6) is 0 Å². The molecule has 172 valence electrons. The maximum absolute atomic E-state index is 12.8. The second-order valence-corrected chi connectivity index (χ2v) is 10.4. The zero-order valence-electron chi connectivity index (χ0n) is 19.6. The van der Waals surface area contributed by atoms with E-state index in [0.29, 0.717) is 11.8 Å². The number of furan rings is 1. The van der Waals surface area contributed by atoms with Crippen molar-refractivity contribution >= 4 is 5.97 Å². The standard InChI is InChI=1S/C26H39NO4/c1-19-6-9-23-25(2,11-5-12-26(23,3)24(28)29-4)21(19)8-7-20-10-15-31-22(20)18-27-13-16-30-17-14-27/h10,15,21,23H,1,5-9,11-14,16-18H2,2-4H3/t21-,23-,25+,26-/m0/s1. The Morgan fingerprint density at radius 3 is 2.81 bits per heavy atom. The summed E-state index contributed by atoms with van der Waals surface area (Å²) in [6.07, 6.45) is 9.14. The van der Waals surface area contributed by atoms with Gasteiger partial charge in [-0.2, -0.15) is 0 Å². The van der Waals surface area contributed by atoms with E-state index < -0.39 is 0 Å². The maximum Gasteiger partial charge on any atom is 0.311 e. The molecular formula is C26H39NO4. The highest BCUT2D eigenvalue weighted by atomic mass is 16.5. The number of carbonyl (C=O) groups excluding carboxylic acids is 1. The molecule has 2 heterocycles. The minimum atomic E-state index is -0.377. The minimum Gasteiger partial charge on any atom is -0.469 e. The number of hydrogen-bond acceptors (Lipinski definition) is 5. The van der Waals surface area contributed by atoms with Crippen molar-refractivity contribution in [3.8, 4) is 0 Å². The lowest BCUT2D eigenvalue weighted by Gasteiger charge is -2.57. The van der Waals surface area contributed by atoms with E-state index >= 15 is 0 Å². The summed E-state index contributed by atoms with van der Waals surface area (Å²) < 4.78 is 16.6. The van der Waals surface area contributed by atoms with E-state index in [0.717, 1.165) is 77.1 Å². The highest BCUT2D eigenvalue weighted by Gasteiger charge is 2.57. The third-order valence-electron chi connectivity index (χ3n) is 8.68. The number of allylic oxidation sites excluding steroid dienone is 1. The van der Waals surface area contributed by atoms with Gasteiger partial charge in [-0.15, -0.1) is 0 Å². The quantitative estimate of drug-likeness (QED) is 0.471. The van der Waals surface area contributed by atoms with Crippen LogP contribution in [0.2, 0.25) is 0 Å². The average molecular weight is 430 g/mol. The van der Waals surface area contributed by atoms with E-state index in [1.165, 1.54) is 24.7 Å². The molecule has 2 aliphatic carbocycles. The van der Waals surface area contributed by atoms with E-state index in [4.69, 9.17) is 13.9 Å². The molecule has 1 aliphatic heterocycles. The zero-order valence-corrected chi connectivity index (χ0v) is 19.6. The first-order chi connectivity index (χ1) is 14.9. The number of esters is 1. The highest BCUT2D eigenvalue weighted by Crippen LogP contribution is 2.62. The third-order valence-corrected chi connectivity index (χ3v) is 8.68. The third kappa shape index (κ3) is 4.23. The monoisotopic (exact) mass is 429 g/mol. The molecule has 0 amide bonds. The van der Waals surface area contributed by atoms with Crippen LogP contribution in [-0.4, -0.2) is 44.3 Å². The molecule has 2 saturated carbocycles. The van der Waals surface area contributed by atoms with Crippen LogP contribution >= 0.6 is 0 Å². The fourth-order valence-corrected chi connectivity index (χ4v) is 6.95. The first kappa shape index (κ1) is 22.6. The summed E-state index contributed by atoms with van der Waals surface area (Å²) in [5.41, 5.74) is 2.41. The van der Waals surface area contributed by atoms with Gasteiger partial charge in [-0.3, -0.25) is 9.69 Å². The van der Waals surface area contributed by atoms with E-state index in [1.54, 1.807) is 0 Å². The molecule has 5 nitrogen and oxygen atoms in total. The number of methoxy groups -OCH3 is 1. The van der Waals surface area contributed by atoms with Gasteiger partial charge in [-0.25, -0.2) is 0 Å². The van der Waals surface area contributed by atoms with Gasteiger partial charge in [0.25, 0.3) is 0 Å². The van der Waals surface area contributed by atoms with Gasteiger partial charge in [-0.1, -0.05) is 25.5 Å². The molecule has 3 fully saturated rings. The zero-order chi connectivity index (χ0) is 22.1. The number of nitrogens with zero attached hydrogens (tertiary/aromatic N) is 1. The van der Waals surface area contributed by atoms with Gasteiger partial charge in [0.1, 0.15) is 5.76 Å². The summed E-state index contributed by atoms with van der Waals surface area (Å²) in [6.45, 7) is 13.4. The highest BCUT2D eigenvalue weighted by molar-refractivity contribution is 5.77. The van der Waals surface area contributed by atoms with Crippen molar-refractivity contribution in [2.75, 3.05) is 33.4 Å². The number of carbonyl (C=O) groups is 1. The molecule has 0 radical (unpaired) electrons. The Bertz CT molecular complexity index is 795. The Balaban J connectivity index is 1.49. The average Bonchev–Trinajstić information content (AvgIpc) is 3.20. The molecule has 1 aromatic heterocycles. The second-order valence-electron chi connectivity index (χ2n) is 10.4. The van der Waals surface area contributed by atoms with Crippen LogP contribution in [-0.2, 0) is 27.2 Å². The van der Waals surface area contributed by atoms with Crippen LogP contribution in [0.25, 0.3) is 0 Å². The van der Waals surface area contributed by atoms with Crippen LogP contribution in [0.15, 0.2) is 28.9 Å². The molecule has 31 heavy (non-hydrogen) atoms. The SMILES string of the molecule is C=C1CC[C@H]2[C@](C)(CCC[C@]2(C)C(=O)OC)[C@H]1CCc1ccoc1CN1CCOCC1. The van der Waals surface area contributed by atoms with E-state index in [1.807, 2.05) is 6.26 Å². The van der Waals surface area contributed by atoms with E-state index in [9.17, 15) is 4.79 Å². The van der Waals surface area contributed by atoms with Crippen molar-refractivity contribution < 1.29 is 18.7 Å². The molecule has 3 aliphatic rings. The van der Waals surface area contributed by atoms with Crippen LogP contribution in [0, 0.1) is 22.7 Å². The van der Waals surface area contributed by atoms with E-state index in [-0.39, 0.29) is 16.8 Å². The lowest BCUT2D eigenvalue weighted by atomic mass is 9.46. The van der Waals surface area contributed by atoms with Crippen molar-refractivity contribution in [1.29, 1.82) is 0 Å². The Morgan fingerprint density at radius 1 is 1.29 bits per heavy atom. The van der Waals surface area contributed by atoms with Crippen LogP contribution in [0.1, 0.15) is 63.7 Å². The summed E-state index contributed by atoms with van der Waals surface area (Å²) >= 11 is 0. The molecule has 0 N–H and O–H groups in total. The fraction of sp³-hybridized carbons (Fsp3) is 0.731. The van der Waals surface area contributed by atoms with Gasteiger partial charge in [-0.05, 0) is 74.3 Å². The van der Waals surface area contributed by atoms with Crippen LogP contribution in [0.3, 0.4) is 0 Å². The smallest absolute Gasteiger partial charge is 0.311 e. The Morgan fingerprint density at radius 2 is 2.06 bits per heavy atom. The predicted molar refractivity (Wildman–Crippen MR) is 121 cm³/mol. The Kier molecular flexibility index (Phi) is 6.64. The van der Waals surface area contributed by atoms with Crippen LogP contribution in [0.4, 0.5) is 0 Å². The predicted octanol–water partition coefficient (Wildman–Crippen LogP) is 5.00. The molecular weight excluding hydrogens is 390 g/mol. The molecule has 5 heteroatoms. The number of fused-ring (bicyclic) bond motifs is 1. The number of rotatable bonds is 6. The Hall–Kier alpha value is -1.59. The normalized spacial score (nSPS) is 34.4. The molecule has 0 aromatic carbocycles. The Labute approximate surface area is 187 Å². The molecule has 4 rings (SSSR count).